The number of hydrogen-bond donors (Lipinski definition) is 0. The normalized spacial score (nSPS) is 16.2. The van der Waals surface area contributed by atoms with E-state index in [0.29, 0.717) is 22.6 Å². The number of alkyl halides is 6. The molecule has 59 heavy (non-hydrogen) atoms. The van der Waals surface area contributed by atoms with Crippen LogP contribution < -0.4 is 9.47 Å². The summed E-state index contributed by atoms with van der Waals surface area (Å²) >= 11 is 0. The van der Waals surface area contributed by atoms with Gasteiger partial charge in [0.25, 0.3) is 0 Å². The Bertz CT molecular complexity index is 2140. The number of rotatable bonds is 20. The first-order chi connectivity index (χ1) is 27.3. The van der Waals surface area contributed by atoms with Crippen LogP contribution in [0.1, 0.15) is 52.8 Å². The molecule has 0 aromatic heterocycles. The lowest BCUT2D eigenvalue weighted by atomic mass is 10.1. The SMILES string of the molecule is O=C(C[S+]1CCCC1)c1ccc(OCCOS(=O)(=O)[N-]S(=O)(=O)C(F)(F)F)cc1.O=C(C[S+]1CCCCC1)c1ccc(OCCOS(=O)(=O)[N-]S(=O)(=O)C(F)(F)F)cc1. The Morgan fingerprint density at radius 1 is 0.508 bits per heavy atom. The number of carbonyl (C=O) groups excluding carboxylic acids is 2. The van der Waals surface area contributed by atoms with E-state index in [2.05, 4.69) is 8.37 Å². The van der Waals surface area contributed by atoms with Gasteiger partial charge in [0.15, 0.2) is 31.6 Å². The molecule has 28 heteroatoms. The van der Waals surface area contributed by atoms with E-state index in [0.717, 1.165) is 48.7 Å². The summed E-state index contributed by atoms with van der Waals surface area (Å²) in [6, 6.07) is 12.2. The van der Waals surface area contributed by atoms with E-state index in [1.54, 1.807) is 32.5 Å². The average molecular weight is 969 g/mol. The minimum absolute atomic E-state index is 0.0312. The number of sulfonamides is 2. The van der Waals surface area contributed by atoms with Crippen LogP contribution in [0.15, 0.2) is 48.5 Å². The summed E-state index contributed by atoms with van der Waals surface area (Å²) in [5, 5.41) is 0. The molecule has 0 radical (unpaired) electrons. The molecular weight excluding hydrogens is 931 g/mol. The van der Waals surface area contributed by atoms with Gasteiger partial charge in [-0.05, 0) is 102 Å². The number of benzene rings is 2. The highest BCUT2D eigenvalue weighted by Crippen LogP contribution is 2.31. The van der Waals surface area contributed by atoms with Crippen molar-refractivity contribution in [3.63, 3.8) is 0 Å². The van der Waals surface area contributed by atoms with E-state index in [4.69, 9.17) is 9.47 Å². The topological polar surface area (TPSA) is 236 Å². The molecule has 2 aromatic carbocycles. The number of ether oxygens (including phenoxy) is 2. The highest BCUT2D eigenvalue weighted by Gasteiger charge is 2.41. The average Bonchev–Trinajstić information content (AvgIpc) is 3.64. The molecule has 2 aromatic rings. The highest BCUT2D eigenvalue weighted by molar-refractivity contribution is 8.11. The van der Waals surface area contributed by atoms with Crippen LogP contribution >= 0.6 is 0 Å². The Labute approximate surface area is 343 Å². The summed E-state index contributed by atoms with van der Waals surface area (Å²) in [5.41, 5.74) is -10.7. The van der Waals surface area contributed by atoms with E-state index in [-0.39, 0.29) is 44.9 Å². The smallest absolute Gasteiger partial charge is 0.480 e. The first kappa shape index (κ1) is 50.7. The summed E-state index contributed by atoms with van der Waals surface area (Å²) < 4.78 is 182. The van der Waals surface area contributed by atoms with Crippen molar-refractivity contribution < 1.29 is 87.4 Å². The molecule has 0 saturated carbocycles. The molecular formula is C31H38F6N2O14S6. The maximum Gasteiger partial charge on any atom is 0.480 e. The van der Waals surface area contributed by atoms with Gasteiger partial charge in [0, 0.05) is 11.1 Å². The largest absolute Gasteiger partial charge is 0.491 e. The van der Waals surface area contributed by atoms with Gasteiger partial charge >= 0.3 is 11.0 Å². The van der Waals surface area contributed by atoms with Crippen molar-refractivity contribution in [2.45, 2.75) is 43.1 Å². The van der Waals surface area contributed by atoms with Gasteiger partial charge in [0.05, 0.1) is 13.2 Å². The zero-order valence-corrected chi connectivity index (χ0v) is 35.5. The molecule has 2 saturated heterocycles. The first-order valence-electron chi connectivity index (χ1n) is 17.0. The van der Waals surface area contributed by atoms with Crippen molar-refractivity contribution in [1.29, 1.82) is 0 Å². The standard InChI is InChI=1S/C16H20F3NO7S3.C15H18F3NO7S3/c17-16(18,19)29(22,23)20-30(24,25)27-9-8-26-14-6-4-13(5-7-14)15(21)12-28-10-2-1-3-11-28;16-15(17,18)28(21,22)19-29(23,24)26-8-7-25-13-5-3-12(4-6-13)14(20)11-27-9-1-2-10-27/h4-7H,1-3,8-12H2;3-6H,1-2,7-11H2. The molecule has 0 N–H and O–H groups in total. The number of halogens is 6. The molecule has 334 valence electrons. The molecule has 0 amide bonds. The minimum Gasteiger partial charge on any atom is -0.491 e. The van der Waals surface area contributed by atoms with Crippen molar-refractivity contribution in [3.8, 4) is 11.5 Å². The van der Waals surface area contributed by atoms with Crippen LogP contribution in [-0.2, 0) is 70.8 Å². The highest BCUT2D eigenvalue weighted by atomic mass is 32.3. The van der Waals surface area contributed by atoms with Crippen molar-refractivity contribution in [2.75, 3.05) is 60.9 Å². The van der Waals surface area contributed by atoms with Crippen molar-refractivity contribution in [3.05, 3.63) is 67.9 Å². The van der Waals surface area contributed by atoms with E-state index in [9.17, 15) is 69.6 Å². The molecule has 0 spiro atoms. The fourth-order valence-electron chi connectivity index (χ4n) is 4.87. The molecule has 2 aliphatic heterocycles. The molecule has 0 atom stereocenters. The number of nitrogens with zero attached hydrogens (tertiary/aromatic N) is 2. The number of hydrogen-bond acceptors (Lipinski definition) is 14. The summed E-state index contributed by atoms with van der Waals surface area (Å²) in [5.74, 6) is 5.93. The second-order valence-electron chi connectivity index (χ2n) is 12.2. The lowest BCUT2D eigenvalue weighted by Crippen LogP contribution is -2.25. The fraction of sp³-hybridized carbons (Fsp3) is 0.548. The number of carbonyl (C=O) groups is 2. The predicted octanol–water partition coefficient (Wildman–Crippen LogP) is 4.68. The van der Waals surface area contributed by atoms with Gasteiger partial charge < -0.3 is 17.7 Å². The van der Waals surface area contributed by atoms with Crippen molar-refractivity contribution in [2.24, 2.45) is 0 Å². The van der Waals surface area contributed by atoms with Crippen LogP contribution in [0, 0.1) is 0 Å². The Balaban J connectivity index is 0.000000316. The number of ketones is 2. The maximum absolute atomic E-state index is 12.3. The molecule has 4 rings (SSSR count). The van der Waals surface area contributed by atoms with Gasteiger partial charge in [-0.25, -0.2) is 33.7 Å². The lowest BCUT2D eigenvalue weighted by Gasteiger charge is -2.21. The van der Waals surface area contributed by atoms with Crippen LogP contribution in [0.2, 0.25) is 0 Å². The van der Waals surface area contributed by atoms with Crippen LogP contribution in [-0.4, -0.2) is 117 Å². The van der Waals surface area contributed by atoms with Crippen LogP contribution in [0.4, 0.5) is 26.3 Å². The predicted molar refractivity (Wildman–Crippen MR) is 206 cm³/mol. The van der Waals surface area contributed by atoms with Gasteiger partial charge in [-0.15, -0.1) is 0 Å². The summed E-state index contributed by atoms with van der Waals surface area (Å²) in [6.07, 6.45) is 5.81. The van der Waals surface area contributed by atoms with Gasteiger partial charge in [-0.1, -0.05) is 0 Å². The summed E-state index contributed by atoms with van der Waals surface area (Å²) in [7, 11) is -22.8. The van der Waals surface area contributed by atoms with Crippen LogP contribution in [0.25, 0.3) is 8.25 Å². The molecule has 0 unspecified atom stereocenters. The molecule has 0 aliphatic carbocycles. The molecule has 0 bridgehead atoms. The lowest BCUT2D eigenvalue weighted by molar-refractivity contribution is -0.0431. The summed E-state index contributed by atoms with van der Waals surface area (Å²) in [4.78, 5) is 24.5. The van der Waals surface area contributed by atoms with Crippen LogP contribution in [0.3, 0.4) is 0 Å². The third-order valence-electron chi connectivity index (χ3n) is 7.64. The van der Waals surface area contributed by atoms with E-state index < -0.39 is 78.1 Å². The maximum atomic E-state index is 12.3. The van der Waals surface area contributed by atoms with Gasteiger partial charge in [-0.2, -0.15) is 26.3 Å². The second kappa shape index (κ2) is 21.9. The zero-order valence-electron chi connectivity index (χ0n) is 30.6. The quantitative estimate of drug-likeness (QED) is 0.0759. The van der Waals surface area contributed by atoms with Crippen molar-refractivity contribution in [1.82, 2.24) is 0 Å². The monoisotopic (exact) mass is 968 g/mol. The Morgan fingerprint density at radius 3 is 1.12 bits per heavy atom. The molecule has 16 nitrogen and oxygen atoms in total. The molecule has 2 heterocycles. The molecule has 2 aliphatic rings. The van der Waals surface area contributed by atoms with E-state index >= 15 is 0 Å². The molecule has 2 fully saturated rings. The van der Waals surface area contributed by atoms with Gasteiger partial charge in [-0.3, -0.25) is 18.0 Å². The fourth-order valence-corrected chi connectivity index (χ4v) is 12.9. The first-order valence-corrected chi connectivity index (χ1v) is 26.1. The third-order valence-corrected chi connectivity index (χ3v) is 17.6. The van der Waals surface area contributed by atoms with E-state index in [1.165, 1.54) is 30.7 Å². The Hall–Kier alpha value is -2.70. The summed E-state index contributed by atoms with van der Waals surface area (Å²) in [6.45, 7) is -2.33. The second-order valence-corrected chi connectivity index (χ2v) is 23.0. The van der Waals surface area contributed by atoms with E-state index in [1.807, 2.05) is 0 Å². The Kier molecular flexibility index (Phi) is 18.8. The van der Waals surface area contributed by atoms with Crippen molar-refractivity contribution >= 4 is 74.0 Å². The zero-order chi connectivity index (χ0) is 44.1. The van der Waals surface area contributed by atoms with Gasteiger partial charge in [0.2, 0.25) is 32.2 Å². The Morgan fingerprint density at radius 2 is 0.814 bits per heavy atom. The third kappa shape index (κ3) is 17.7. The number of Topliss-reactive ketones (excluding diaryl/α,β-unsaturated/α-hetero) is 2. The van der Waals surface area contributed by atoms with Gasteiger partial charge in [0.1, 0.15) is 47.7 Å². The van der Waals surface area contributed by atoms with Crippen LogP contribution in [0.5, 0.6) is 11.5 Å². The minimum atomic E-state index is -6.23.